The van der Waals surface area contributed by atoms with E-state index in [0.29, 0.717) is 5.92 Å². The minimum absolute atomic E-state index is 0.421. The molecule has 1 heterocycles. The van der Waals surface area contributed by atoms with Crippen molar-refractivity contribution in [3.8, 4) is 0 Å². The standard InChI is InChI=1S/C12H24N2O2/c1-3-8-16-9-7-14-6-5-12(13-15)11(4-2)10-14/h11,15H,3-10H2,1-2H3. The van der Waals surface area contributed by atoms with E-state index in [-0.39, 0.29) is 0 Å². The third kappa shape index (κ3) is 4.10. The Morgan fingerprint density at radius 3 is 2.88 bits per heavy atom. The predicted octanol–water partition coefficient (Wildman–Crippen LogP) is 1.98. The van der Waals surface area contributed by atoms with Gasteiger partial charge in [0.05, 0.1) is 12.3 Å². The maximum atomic E-state index is 8.87. The van der Waals surface area contributed by atoms with Gasteiger partial charge in [-0.15, -0.1) is 0 Å². The van der Waals surface area contributed by atoms with Gasteiger partial charge in [-0.1, -0.05) is 19.0 Å². The molecular weight excluding hydrogens is 204 g/mol. The van der Waals surface area contributed by atoms with E-state index in [1.54, 1.807) is 0 Å². The highest BCUT2D eigenvalue weighted by molar-refractivity contribution is 5.87. The fourth-order valence-electron chi connectivity index (χ4n) is 2.12. The third-order valence-electron chi connectivity index (χ3n) is 3.16. The first-order chi connectivity index (χ1) is 7.81. The predicted molar refractivity (Wildman–Crippen MR) is 65.2 cm³/mol. The highest BCUT2D eigenvalue weighted by Gasteiger charge is 2.24. The van der Waals surface area contributed by atoms with Gasteiger partial charge in [-0.25, -0.2) is 0 Å². The zero-order valence-electron chi connectivity index (χ0n) is 10.5. The van der Waals surface area contributed by atoms with Gasteiger partial charge >= 0.3 is 0 Å². The molecule has 4 nitrogen and oxygen atoms in total. The largest absolute Gasteiger partial charge is 0.411 e. The number of nitrogens with zero attached hydrogens (tertiary/aromatic N) is 2. The summed E-state index contributed by atoms with van der Waals surface area (Å²) in [4.78, 5) is 2.40. The maximum Gasteiger partial charge on any atom is 0.0627 e. The molecule has 16 heavy (non-hydrogen) atoms. The van der Waals surface area contributed by atoms with Crippen molar-refractivity contribution in [1.82, 2.24) is 4.90 Å². The summed E-state index contributed by atoms with van der Waals surface area (Å²) in [5.41, 5.74) is 0.966. The van der Waals surface area contributed by atoms with E-state index >= 15 is 0 Å². The van der Waals surface area contributed by atoms with Crippen molar-refractivity contribution in [2.45, 2.75) is 33.1 Å². The highest BCUT2D eigenvalue weighted by atomic mass is 16.5. The SMILES string of the molecule is CCCOCCN1CCC(=NO)C(CC)C1. The zero-order chi connectivity index (χ0) is 11.8. The smallest absolute Gasteiger partial charge is 0.0627 e. The first-order valence-electron chi connectivity index (χ1n) is 6.32. The second-order valence-corrected chi connectivity index (χ2v) is 4.36. The van der Waals surface area contributed by atoms with Crippen LogP contribution in [0.15, 0.2) is 5.16 Å². The van der Waals surface area contributed by atoms with Crippen molar-refractivity contribution in [2.24, 2.45) is 11.1 Å². The molecule has 1 aliphatic rings. The number of rotatable bonds is 6. The van der Waals surface area contributed by atoms with Gasteiger partial charge < -0.3 is 14.8 Å². The third-order valence-corrected chi connectivity index (χ3v) is 3.16. The van der Waals surface area contributed by atoms with Crippen LogP contribution in [-0.2, 0) is 4.74 Å². The summed E-state index contributed by atoms with van der Waals surface area (Å²) < 4.78 is 5.49. The molecule has 94 valence electrons. The minimum Gasteiger partial charge on any atom is -0.411 e. The van der Waals surface area contributed by atoms with Crippen LogP contribution < -0.4 is 0 Å². The lowest BCUT2D eigenvalue weighted by atomic mass is 9.93. The fraction of sp³-hybridized carbons (Fsp3) is 0.917. The molecule has 0 amide bonds. The molecule has 0 radical (unpaired) electrons. The summed E-state index contributed by atoms with van der Waals surface area (Å²) in [7, 11) is 0. The van der Waals surface area contributed by atoms with Crippen LogP contribution in [0.25, 0.3) is 0 Å². The number of oxime groups is 1. The number of ether oxygens (including phenoxy) is 1. The van der Waals surface area contributed by atoms with Gasteiger partial charge in [0, 0.05) is 38.6 Å². The molecule has 4 heteroatoms. The number of piperidine rings is 1. The van der Waals surface area contributed by atoms with E-state index in [9.17, 15) is 0 Å². The van der Waals surface area contributed by atoms with Crippen molar-refractivity contribution in [1.29, 1.82) is 0 Å². The lowest BCUT2D eigenvalue weighted by molar-refractivity contribution is 0.0979. The second-order valence-electron chi connectivity index (χ2n) is 4.36. The van der Waals surface area contributed by atoms with Gasteiger partial charge in [0.25, 0.3) is 0 Å². The van der Waals surface area contributed by atoms with Crippen LogP contribution in [0.4, 0.5) is 0 Å². The summed E-state index contributed by atoms with van der Waals surface area (Å²) in [6.45, 7) is 8.93. The molecule has 1 fully saturated rings. The lowest BCUT2D eigenvalue weighted by Gasteiger charge is -2.32. The van der Waals surface area contributed by atoms with E-state index in [2.05, 4.69) is 23.9 Å². The van der Waals surface area contributed by atoms with Gasteiger partial charge in [0.15, 0.2) is 0 Å². The topological polar surface area (TPSA) is 45.1 Å². The maximum absolute atomic E-state index is 8.87. The van der Waals surface area contributed by atoms with Crippen LogP contribution in [0.2, 0.25) is 0 Å². The normalized spacial score (nSPS) is 25.1. The molecule has 0 aromatic heterocycles. The van der Waals surface area contributed by atoms with E-state index < -0.39 is 0 Å². The van der Waals surface area contributed by atoms with Gasteiger partial charge in [-0.2, -0.15) is 0 Å². The van der Waals surface area contributed by atoms with Crippen LogP contribution in [0.1, 0.15) is 33.1 Å². The summed E-state index contributed by atoms with van der Waals surface area (Å²) >= 11 is 0. The molecular formula is C12H24N2O2. The molecule has 1 saturated heterocycles. The Kier molecular flexibility index (Phi) is 6.42. The first-order valence-corrected chi connectivity index (χ1v) is 6.32. The molecule has 1 N–H and O–H groups in total. The van der Waals surface area contributed by atoms with Crippen LogP contribution in [0.5, 0.6) is 0 Å². The van der Waals surface area contributed by atoms with Gasteiger partial charge in [0.2, 0.25) is 0 Å². The Labute approximate surface area is 98.3 Å². The number of likely N-dealkylation sites (tertiary alicyclic amines) is 1. The molecule has 1 unspecified atom stereocenters. The molecule has 0 spiro atoms. The van der Waals surface area contributed by atoms with E-state index in [4.69, 9.17) is 9.94 Å². The summed E-state index contributed by atoms with van der Waals surface area (Å²) in [5, 5.41) is 12.3. The zero-order valence-corrected chi connectivity index (χ0v) is 10.5. The number of hydrogen-bond acceptors (Lipinski definition) is 4. The fourth-order valence-corrected chi connectivity index (χ4v) is 2.12. The Balaban J connectivity index is 2.25. The second kappa shape index (κ2) is 7.63. The molecule has 1 aliphatic heterocycles. The van der Waals surface area contributed by atoms with Crippen LogP contribution in [-0.4, -0.2) is 48.7 Å². The van der Waals surface area contributed by atoms with Crippen molar-refractivity contribution in [2.75, 3.05) is 32.8 Å². The van der Waals surface area contributed by atoms with Gasteiger partial charge in [-0.05, 0) is 12.8 Å². The van der Waals surface area contributed by atoms with Gasteiger partial charge in [-0.3, -0.25) is 0 Å². The summed E-state index contributed by atoms with van der Waals surface area (Å²) in [6.07, 6.45) is 3.02. The Morgan fingerprint density at radius 1 is 1.44 bits per heavy atom. The quantitative estimate of drug-likeness (QED) is 0.429. The molecule has 0 aromatic rings. The molecule has 0 bridgehead atoms. The van der Waals surface area contributed by atoms with E-state index in [0.717, 1.165) is 57.8 Å². The molecule has 1 atom stereocenters. The van der Waals surface area contributed by atoms with Crippen molar-refractivity contribution >= 4 is 5.71 Å². The Bertz CT molecular complexity index is 219. The Hall–Kier alpha value is -0.610. The average molecular weight is 228 g/mol. The molecule has 0 aromatic carbocycles. The average Bonchev–Trinajstić information content (AvgIpc) is 2.34. The summed E-state index contributed by atoms with van der Waals surface area (Å²) in [6, 6.07) is 0. The highest BCUT2D eigenvalue weighted by Crippen LogP contribution is 2.16. The summed E-state index contributed by atoms with van der Waals surface area (Å²) in [5.74, 6) is 0.421. The van der Waals surface area contributed by atoms with Crippen LogP contribution >= 0.6 is 0 Å². The molecule has 0 saturated carbocycles. The first kappa shape index (κ1) is 13.5. The molecule has 0 aliphatic carbocycles. The minimum atomic E-state index is 0.421. The van der Waals surface area contributed by atoms with Crippen LogP contribution in [0.3, 0.4) is 0 Å². The van der Waals surface area contributed by atoms with Crippen molar-refractivity contribution in [3.63, 3.8) is 0 Å². The number of hydrogen-bond donors (Lipinski definition) is 1. The van der Waals surface area contributed by atoms with E-state index in [1.165, 1.54) is 0 Å². The van der Waals surface area contributed by atoms with Crippen molar-refractivity contribution < 1.29 is 9.94 Å². The van der Waals surface area contributed by atoms with E-state index in [1.807, 2.05) is 0 Å². The Morgan fingerprint density at radius 2 is 2.25 bits per heavy atom. The van der Waals surface area contributed by atoms with Gasteiger partial charge in [0.1, 0.15) is 0 Å². The molecule has 1 rings (SSSR count). The monoisotopic (exact) mass is 228 g/mol. The van der Waals surface area contributed by atoms with Crippen LogP contribution in [0, 0.1) is 5.92 Å². The van der Waals surface area contributed by atoms with Crippen molar-refractivity contribution in [3.05, 3.63) is 0 Å². The lowest BCUT2D eigenvalue weighted by Crippen LogP contribution is -2.42.